The second-order valence-electron chi connectivity index (χ2n) is 3.21. The normalized spacial score (nSPS) is 13.2. The Morgan fingerprint density at radius 1 is 1.43 bits per heavy atom. The summed E-state index contributed by atoms with van der Waals surface area (Å²) in [6.07, 6.45) is 0.242. The molecule has 0 aliphatic heterocycles. The Hall–Kier alpha value is -1.03. The molecule has 0 amide bonds. The summed E-state index contributed by atoms with van der Waals surface area (Å²) in [5, 5.41) is 0. The fraction of sp³-hybridized carbons (Fsp3) is 0.500. The first-order valence-corrected chi connectivity index (χ1v) is 4.61. The van der Waals surface area contributed by atoms with Crippen molar-refractivity contribution in [2.24, 2.45) is 5.73 Å². The minimum atomic E-state index is -2.48. The highest BCUT2D eigenvalue weighted by Gasteiger charge is 2.15. The monoisotopic (exact) mass is 200 g/mol. The van der Waals surface area contributed by atoms with Crippen LogP contribution in [0.3, 0.4) is 0 Å². The molecule has 1 atom stereocenters. The predicted octanol–water partition coefficient (Wildman–Crippen LogP) is 1.78. The summed E-state index contributed by atoms with van der Waals surface area (Å²) in [6, 6.07) is 2.52. The summed E-state index contributed by atoms with van der Waals surface area (Å²) in [7, 11) is 0. The highest BCUT2D eigenvalue weighted by molar-refractivity contribution is 5.14. The van der Waals surface area contributed by atoms with Crippen molar-refractivity contribution < 1.29 is 8.78 Å². The van der Waals surface area contributed by atoms with Gasteiger partial charge in [0, 0.05) is 18.3 Å². The molecule has 0 aliphatic carbocycles. The molecular weight excluding hydrogens is 186 g/mol. The van der Waals surface area contributed by atoms with Gasteiger partial charge in [0.05, 0.1) is 6.04 Å². The molecule has 0 aromatic carbocycles. The molecule has 4 heteroatoms. The van der Waals surface area contributed by atoms with E-state index in [2.05, 4.69) is 4.98 Å². The Balaban J connectivity index is 2.59. The maximum Gasteiger partial charge on any atom is 0.253 e. The fourth-order valence-corrected chi connectivity index (χ4v) is 1.12. The smallest absolute Gasteiger partial charge is 0.253 e. The Bertz CT molecular complexity index is 272. The Labute approximate surface area is 82.1 Å². The highest BCUT2D eigenvalue weighted by atomic mass is 19.3. The van der Waals surface area contributed by atoms with E-state index in [0.717, 1.165) is 12.0 Å². The van der Waals surface area contributed by atoms with Crippen molar-refractivity contribution in [1.82, 2.24) is 4.98 Å². The van der Waals surface area contributed by atoms with E-state index in [9.17, 15) is 8.78 Å². The van der Waals surface area contributed by atoms with Crippen LogP contribution in [0.5, 0.6) is 0 Å². The molecular formula is C10H14F2N2. The second-order valence-corrected chi connectivity index (χ2v) is 3.21. The van der Waals surface area contributed by atoms with E-state index in [1.165, 1.54) is 0 Å². The summed E-state index contributed by atoms with van der Waals surface area (Å²) in [4.78, 5) is 4.06. The Morgan fingerprint density at radius 3 is 2.57 bits per heavy atom. The third kappa shape index (κ3) is 3.03. The van der Waals surface area contributed by atoms with Crippen LogP contribution < -0.4 is 5.73 Å². The minimum Gasteiger partial charge on any atom is -0.323 e. The molecule has 1 aromatic rings. The number of hydrogen-bond donors (Lipinski definition) is 1. The molecule has 0 radical (unpaired) electrons. The van der Waals surface area contributed by atoms with E-state index in [4.69, 9.17) is 5.73 Å². The van der Waals surface area contributed by atoms with Gasteiger partial charge >= 0.3 is 0 Å². The first-order valence-electron chi connectivity index (χ1n) is 4.61. The molecule has 1 unspecified atom stereocenters. The lowest BCUT2D eigenvalue weighted by molar-refractivity contribution is 0.115. The zero-order chi connectivity index (χ0) is 10.6. The van der Waals surface area contributed by atoms with Gasteiger partial charge in [-0.2, -0.15) is 0 Å². The van der Waals surface area contributed by atoms with Gasteiger partial charge in [0.1, 0.15) is 0 Å². The largest absolute Gasteiger partial charge is 0.323 e. The van der Waals surface area contributed by atoms with Crippen molar-refractivity contribution in [3.05, 3.63) is 29.6 Å². The summed E-state index contributed by atoms with van der Waals surface area (Å²) in [5.41, 5.74) is 6.95. The number of hydrogen-bond acceptors (Lipinski definition) is 2. The summed E-state index contributed by atoms with van der Waals surface area (Å²) in [6.45, 7) is 2.02. The number of alkyl halides is 2. The average Bonchev–Trinajstić information content (AvgIpc) is 2.19. The lowest BCUT2D eigenvalue weighted by Crippen LogP contribution is -2.31. The summed E-state index contributed by atoms with van der Waals surface area (Å²) in [5.74, 6) is 0. The molecule has 0 saturated heterocycles. The minimum absolute atomic E-state index is 0.127. The van der Waals surface area contributed by atoms with Gasteiger partial charge in [0.25, 0.3) is 6.43 Å². The van der Waals surface area contributed by atoms with Crippen LogP contribution in [0, 0.1) is 0 Å². The molecule has 0 fully saturated rings. The quantitative estimate of drug-likeness (QED) is 0.804. The molecule has 0 spiro atoms. The topological polar surface area (TPSA) is 38.9 Å². The van der Waals surface area contributed by atoms with Crippen LogP contribution in [0.4, 0.5) is 8.78 Å². The van der Waals surface area contributed by atoms with Crippen LogP contribution in [-0.4, -0.2) is 17.5 Å². The maximum atomic E-state index is 12.1. The van der Waals surface area contributed by atoms with Crippen molar-refractivity contribution in [2.45, 2.75) is 32.2 Å². The number of aryl methyl sites for hydroxylation is 1. The lowest BCUT2D eigenvalue weighted by atomic mass is 10.1. The number of pyridine rings is 1. The van der Waals surface area contributed by atoms with Gasteiger partial charge in [-0.3, -0.25) is 4.98 Å². The number of nitrogens with two attached hydrogens (primary N) is 1. The average molecular weight is 200 g/mol. The van der Waals surface area contributed by atoms with E-state index >= 15 is 0 Å². The molecule has 1 heterocycles. The molecule has 14 heavy (non-hydrogen) atoms. The first-order chi connectivity index (χ1) is 6.63. The lowest BCUT2D eigenvalue weighted by Gasteiger charge is -2.09. The molecule has 78 valence electrons. The van der Waals surface area contributed by atoms with E-state index in [-0.39, 0.29) is 6.42 Å². The van der Waals surface area contributed by atoms with Gasteiger partial charge < -0.3 is 5.73 Å². The second kappa shape index (κ2) is 5.00. The highest BCUT2D eigenvalue weighted by Crippen LogP contribution is 2.07. The van der Waals surface area contributed by atoms with Gasteiger partial charge in [-0.15, -0.1) is 0 Å². The van der Waals surface area contributed by atoms with Crippen molar-refractivity contribution in [1.29, 1.82) is 0 Å². The number of nitrogens with zero attached hydrogens (tertiary/aromatic N) is 1. The SMILES string of the molecule is CCc1ccc(CC(N)C(F)F)nc1. The van der Waals surface area contributed by atoms with Crippen molar-refractivity contribution in [3.63, 3.8) is 0 Å². The van der Waals surface area contributed by atoms with Crippen LogP contribution in [0.25, 0.3) is 0 Å². The van der Waals surface area contributed by atoms with Crippen LogP contribution >= 0.6 is 0 Å². The molecule has 1 rings (SSSR count). The van der Waals surface area contributed by atoms with E-state index < -0.39 is 12.5 Å². The van der Waals surface area contributed by atoms with Gasteiger partial charge in [-0.05, 0) is 18.1 Å². The number of aromatic nitrogens is 1. The van der Waals surface area contributed by atoms with E-state index in [0.29, 0.717) is 5.69 Å². The van der Waals surface area contributed by atoms with Crippen molar-refractivity contribution in [2.75, 3.05) is 0 Å². The molecule has 0 saturated carbocycles. The molecule has 1 aromatic heterocycles. The zero-order valence-corrected chi connectivity index (χ0v) is 8.08. The third-order valence-corrected chi connectivity index (χ3v) is 2.06. The molecule has 2 N–H and O–H groups in total. The van der Waals surface area contributed by atoms with Crippen molar-refractivity contribution >= 4 is 0 Å². The van der Waals surface area contributed by atoms with Crippen LogP contribution in [0.1, 0.15) is 18.2 Å². The third-order valence-electron chi connectivity index (χ3n) is 2.06. The van der Waals surface area contributed by atoms with Crippen molar-refractivity contribution in [3.8, 4) is 0 Å². The molecule has 2 nitrogen and oxygen atoms in total. The predicted molar refractivity (Wildman–Crippen MR) is 51.3 cm³/mol. The van der Waals surface area contributed by atoms with Crippen LogP contribution in [0.15, 0.2) is 18.3 Å². The maximum absolute atomic E-state index is 12.1. The Morgan fingerprint density at radius 2 is 2.14 bits per heavy atom. The zero-order valence-electron chi connectivity index (χ0n) is 8.08. The van der Waals surface area contributed by atoms with Gasteiger partial charge in [0.2, 0.25) is 0 Å². The molecule has 0 bridgehead atoms. The van der Waals surface area contributed by atoms with Gasteiger partial charge in [0.15, 0.2) is 0 Å². The first kappa shape index (κ1) is 11.0. The molecule has 0 aliphatic rings. The standard InChI is InChI=1S/C10H14F2N2/c1-2-7-3-4-8(14-6-7)5-9(13)10(11)12/h3-4,6,9-10H,2,5,13H2,1H3. The number of halogens is 2. The van der Waals surface area contributed by atoms with E-state index in [1.807, 2.05) is 13.0 Å². The summed E-state index contributed by atoms with van der Waals surface area (Å²) >= 11 is 0. The van der Waals surface area contributed by atoms with E-state index in [1.54, 1.807) is 12.3 Å². The Kier molecular flexibility index (Phi) is 3.95. The van der Waals surface area contributed by atoms with Crippen LogP contribution in [-0.2, 0) is 12.8 Å². The van der Waals surface area contributed by atoms with Gasteiger partial charge in [-0.1, -0.05) is 13.0 Å². The van der Waals surface area contributed by atoms with Crippen LogP contribution in [0.2, 0.25) is 0 Å². The number of rotatable bonds is 4. The fourth-order valence-electron chi connectivity index (χ4n) is 1.12. The van der Waals surface area contributed by atoms with Gasteiger partial charge in [-0.25, -0.2) is 8.78 Å². The summed E-state index contributed by atoms with van der Waals surface area (Å²) < 4.78 is 24.2.